The van der Waals surface area contributed by atoms with Gasteiger partial charge in [0.25, 0.3) is 0 Å². The molecule has 4 nitrogen and oxygen atoms in total. The number of Topliss-reactive ketones (excluding diaryl/α,β-unsaturated/α-hetero) is 1. The molecule has 0 aromatic heterocycles. The Hall–Kier alpha value is -3.40. The van der Waals surface area contributed by atoms with Crippen LogP contribution >= 0.6 is 0 Å². The number of carbonyl (C=O) groups is 2. The van der Waals surface area contributed by atoms with E-state index >= 15 is 0 Å². The summed E-state index contributed by atoms with van der Waals surface area (Å²) in [6.07, 6.45) is 0.353. The van der Waals surface area contributed by atoms with E-state index in [1.54, 1.807) is 31.4 Å². The molecule has 0 aliphatic carbocycles. The molecule has 154 valence electrons. The Bertz CT molecular complexity index is 977. The van der Waals surface area contributed by atoms with Crippen LogP contribution in [0.5, 0.6) is 5.75 Å². The third kappa shape index (κ3) is 5.35. The van der Waals surface area contributed by atoms with Gasteiger partial charge in [0, 0.05) is 12.0 Å². The molecule has 0 aliphatic rings. The van der Waals surface area contributed by atoms with Crippen molar-refractivity contribution in [2.24, 2.45) is 0 Å². The van der Waals surface area contributed by atoms with Crippen LogP contribution in [0.3, 0.4) is 0 Å². The number of benzene rings is 3. The Morgan fingerprint density at radius 2 is 1.33 bits per heavy atom. The lowest BCUT2D eigenvalue weighted by Gasteiger charge is -2.29. The van der Waals surface area contributed by atoms with Gasteiger partial charge >= 0.3 is 5.97 Å². The van der Waals surface area contributed by atoms with Gasteiger partial charge in [-0.2, -0.15) is 0 Å². The highest BCUT2D eigenvalue weighted by atomic mass is 16.6. The van der Waals surface area contributed by atoms with Crippen molar-refractivity contribution in [1.82, 2.24) is 0 Å². The molecule has 3 rings (SSSR count). The number of ketones is 1. The van der Waals surface area contributed by atoms with E-state index < -0.39 is 17.5 Å². The summed E-state index contributed by atoms with van der Waals surface area (Å²) in [4.78, 5) is 25.9. The second-order valence-corrected chi connectivity index (χ2v) is 7.78. The van der Waals surface area contributed by atoms with Crippen molar-refractivity contribution in [1.29, 1.82) is 0 Å². The van der Waals surface area contributed by atoms with Gasteiger partial charge < -0.3 is 9.47 Å². The molecule has 3 aromatic rings. The van der Waals surface area contributed by atoms with Crippen molar-refractivity contribution in [3.05, 3.63) is 102 Å². The molecule has 0 saturated heterocycles. The predicted octanol–water partition coefficient (Wildman–Crippen LogP) is 5.69. The molecule has 0 fully saturated rings. The zero-order valence-corrected chi connectivity index (χ0v) is 17.5. The maximum absolute atomic E-state index is 13.4. The van der Waals surface area contributed by atoms with Crippen molar-refractivity contribution in [3.8, 4) is 5.75 Å². The first kappa shape index (κ1) is 21.3. The maximum atomic E-state index is 13.4. The van der Waals surface area contributed by atoms with Crippen LogP contribution in [0.15, 0.2) is 84.9 Å². The van der Waals surface area contributed by atoms with Crippen LogP contribution in [-0.2, 0) is 4.74 Å². The van der Waals surface area contributed by atoms with E-state index in [0.717, 1.165) is 11.3 Å². The number of hydrogen-bond acceptors (Lipinski definition) is 4. The van der Waals surface area contributed by atoms with Crippen molar-refractivity contribution in [3.63, 3.8) is 0 Å². The zero-order valence-electron chi connectivity index (χ0n) is 17.5. The second kappa shape index (κ2) is 9.40. The average Bonchev–Trinajstić information content (AvgIpc) is 2.78. The Kier molecular flexibility index (Phi) is 6.68. The highest BCUT2D eigenvalue weighted by Gasteiger charge is 2.33. The summed E-state index contributed by atoms with van der Waals surface area (Å²) in [5, 5.41) is 0. The van der Waals surface area contributed by atoms with Crippen LogP contribution in [0.1, 0.15) is 52.5 Å². The van der Waals surface area contributed by atoms with E-state index in [-0.39, 0.29) is 5.78 Å². The summed E-state index contributed by atoms with van der Waals surface area (Å²) in [5.74, 6) is -0.151. The molecule has 30 heavy (non-hydrogen) atoms. The smallest absolute Gasteiger partial charge is 0.338 e. The first-order valence-electron chi connectivity index (χ1n) is 9.91. The van der Waals surface area contributed by atoms with E-state index in [1.165, 1.54) is 0 Å². The second-order valence-electron chi connectivity index (χ2n) is 7.78. The van der Waals surface area contributed by atoms with Crippen LogP contribution in [0.2, 0.25) is 0 Å². The molecular weight excluding hydrogens is 376 g/mol. The molecule has 1 unspecified atom stereocenters. The topological polar surface area (TPSA) is 52.6 Å². The van der Waals surface area contributed by atoms with E-state index in [4.69, 9.17) is 9.47 Å². The van der Waals surface area contributed by atoms with Crippen molar-refractivity contribution in [2.45, 2.75) is 31.8 Å². The Labute approximate surface area is 177 Å². The lowest BCUT2D eigenvalue weighted by atomic mass is 9.82. The minimum atomic E-state index is -0.845. The molecule has 0 radical (unpaired) electrons. The first-order valence-corrected chi connectivity index (χ1v) is 9.91. The highest BCUT2D eigenvalue weighted by molar-refractivity contribution is 6.01. The molecule has 4 heteroatoms. The summed E-state index contributed by atoms with van der Waals surface area (Å²) < 4.78 is 11.0. The fourth-order valence-electron chi connectivity index (χ4n) is 3.42. The van der Waals surface area contributed by atoms with Gasteiger partial charge in [0.05, 0.1) is 18.6 Å². The van der Waals surface area contributed by atoms with Crippen molar-refractivity contribution >= 4 is 11.8 Å². The molecule has 0 bridgehead atoms. The standard InChI is InChI=1S/C26H26O4/c1-26(2,30-25(28)21-12-8-5-9-13-21)18-23(19-14-16-22(29-3)17-15-19)24(27)20-10-6-4-7-11-20/h4-17,23H,18H2,1-3H3. The summed E-state index contributed by atoms with van der Waals surface area (Å²) >= 11 is 0. The molecule has 3 aromatic carbocycles. The Balaban J connectivity index is 1.87. The third-order valence-electron chi connectivity index (χ3n) is 4.97. The lowest BCUT2D eigenvalue weighted by molar-refractivity contribution is -0.00708. The van der Waals surface area contributed by atoms with Crippen LogP contribution < -0.4 is 4.74 Å². The summed E-state index contributed by atoms with van der Waals surface area (Å²) in [6, 6.07) is 25.5. The van der Waals surface area contributed by atoms with E-state index in [2.05, 4.69) is 0 Å². The van der Waals surface area contributed by atoms with E-state index in [1.807, 2.05) is 74.5 Å². The quantitative estimate of drug-likeness (QED) is 0.359. The summed E-state index contributed by atoms with van der Waals surface area (Å²) in [6.45, 7) is 3.67. The summed E-state index contributed by atoms with van der Waals surface area (Å²) in [7, 11) is 1.60. The fourth-order valence-corrected chi connectivity index (χ4v) is 3.42. The zero-order chi connectivity index (χ0) is 21.6. The minimum absolute atomic E-state index is 0.00963. The van der Waals surface area contributed by atoms with E-state index in [9.17, 15) is 9.59 Å². The molecule has 0 spiro atoms. The van der Waals surface area contributed by atoms with Gasteiger partial charge in [-0.1, -0.05) is 60.7 Å². The number of carbonyl (C=O) groups excluding carboxylic acids is 2. The molecule has 0 N–H and O–H groups in total. The van der Waals surface area contributed by atoms with Crippen molar-refractivity contribution in [2.75, 3.05) is 7.11 Å². The van der Waals surface area contributed by atoms with Gasteiger partial charge in [-0.3, -0.25) is 4.79 Å². The molecule has 0 saturated carbocycles. The van der Waals surface area contributed by atoms with Crippen LogP contribution in [-0.4, -0.2) is 24.5 Å². The maximum Gasteiger partial charge on any atom is 0.338 e. The number of methoxy groups -OCH3 is 1. The van der Waals surface area contributed by atoms with Crippen LogP contribution in [0, 0.1) is 0 Å². The predicted molar refractivity (Wildman–Crippen MR) is 117 cm³/mol. The number of hydrogen-bond donors (Lipinski definition) is 0. The monoisotopic (exact) mass is 402 g/mol. The summed E-state index contributed by atoms with van der Waals surface area (Å²) in [5.41, 5.74) is 1.13. The Morgan fingerprint density at radius 1 is 0.800 bits per heavy atom. The highest BCUT2D eigenvalue weighted by Crippen LogP contribution is 2.33. The Morgan fingerprint density at radius 3 is 1.87 bits per heavy atom. The molecule has 0 aliphatic heterocycles. The normalized spacial score (nSPS) is 12.1. The lowest BCUT2D eigenvalue weighted by Crippen LogP contribution is -2.32. The van der Waals surface area contributed by atoms with Gasteiger partial charge in [-0.05, 0) is 43.7 Å². The molecule has 1 atom stereocenters. The first-order chi connectivity index (χ1) is 14.4. The van der Waals surface area contributed by atoms with Crippen LogP contribution in [0.4, 0.5) is 0 Å². The van der Waals surface area contributed by atoms with Gasteiger partial charge in [0.15, 0.2) is 5.78 Å². The molecular formula is C26H26O4. The van der Waals surface area contributed by atoms with Crippen LogP contribution in [0.25, 0.3) is 0 Å². The average molecular weight is 402 g/mol. The van der Waals surface area contributed by atoms with E-state index in [0.29, 0.717) is 17.5 Å². The minimum Gasteiger partial charge on any atom is -0.497 e. The van der Waals surface area contributed by atoms with Gasteiger partial charge in [-0.25, -0.2) is 4.79 Å². The fraction of sp³-hybridized carbons (Fsp3) is 0.231. The number of rotatable bonds is 8. The van der Waals surface area contributed by atoms with Gasteiger partial charge in [0.1, 0.15) is 11.4 Å². The molecule has 0 amide bonds. The van der Waals surface area contributed by atoms with Gasteiger partial charge in [0.2, 0.25) is 0 Å². The number of esters is 1. The number of ether oxygens (including phenoxy) is 2. The SMILES string of the molecule is COc1ccc(C(CC(C)(C)OC(=O)c2ccccc2)C(=O)c2ccccc2)cc1. The third-order valence-corrected chi connectivity index (χ3v) is 4.97. The molecule has 0 heterocycles. The van der Waals surface area contributed by atoms with Crippen molar-refractivity contribution < 1.29 is 19.1 Å². The largest absolute Gasteiger partial charge is 0.497 e. The van der Waals surface area contributed by atoms with Gasteiger partial charge in [-0.15, -0.1) is 0 Å².